The maximum atomic E-state index is 6.29. The van der Waals surface area contributed by atoms with E-state index in [2.05, 4.69) is 33.0 Å². The van der Waals surface area contributed by atoms with Gasteiger partial charge < -0.3 is 10.5 Å². The Morgan fingerprint density at radius 2 is 2.14 bits per heavy atom. The minimum Gasteiger partial charge on any atom is -0.496 e. The molecular formula is C16H24BrClN2O. The van der Waals surface area contributed by atoms with Crippen LogP contribution in [0.2, 0.25) is 0 Å². The first-order valence-electron chi connectivity index (χ1n) is 7.47. The van der Waals surface area contributed by atoms with Gasteiger partial charge in [0.05, 0.1) is 11.6 Å². The van der Waals surface area contributed by atoms with Crippen LogP contribution in [-0.4, -0.2) is 31.1 Å². The molecule has 1 saturated carbocycles. The molecule has 3 rings (SSSR count). The largest absolute Gasteiger partial charge is 0.496 e. The van der Waals surface area contributed by atoms with Gasteiger partial charge in [0.2, 0.25) is 0 Å². The van der Waals surface area contributed by atoms with E-state index in [0.717, 1.165) is 29.2 Å². The molecule has 0 bridgehead atoms. The Morgan fingerprint density at radius 1 is 1.33 bits per heavy atom. The average Bonchev–Trinajstić information content (AvgIpc) is 2.83. The summed E-state index contributed by atoms with van der Waals surface area (Å²) in [5.74, 6) is 2.43. The molecule has 1 aromatic carbocycles. The normalized spacial score (nSPS) is 28.8. The molecule has 1 aliphatic carbocycles. The van der Waals surface area contributed by atoms with Crippen molar-refractivity contribution < 1.29 is 4.74 Å². The first-order valence-corrected chi connectivity index (χ1v) is 8.27. The van der Waals surface area contributed by atoms with Crippen molar-refractivity contribution in [2.24, 2.45) is 17.6 Å². The molecule has 1 heterocycles. The molecule has 1 aromatic rings. The van der Waals surface area contributed by atoms with Crippen LogP contribution in [0.4, 0.5) is 0 Å². The highest BCUT2D eigenvalue weighted by molar-refractivity contribution is 9.10. The lowest BCUT2D eigenvalue weighted by atomic mass is 9.78. The molecular weight excluding hydrogens is 352 g/mol. The van der Waals surface area contributed by atoms with Crippen LogP contribution in [0.15, 0.2) is 22.7 Å². The molecule has 2 aliphatic rings. The summed E-state index contributed by atoms with van der Waals surface area (Å²) in [5, 5.41) is 0. The Kier molecular flexibility index (Phi) is 5.95. The number of hydrogen-bond acceptors (Lipinski definition) is 3. The molecule has 118 valence electrons. The smallest absolute Gasteiger partial charge is 0.133 e. The first kappa shape index (κ1) is 17.1. The lowest BCUT2D eigenvalue weighted by Crippen LogP contribution is -2.38. The van der Waals surface area contributed by atoms with E-state index in [-0.39, 0.29) is 12.4 Å². The molecule has 2 N–H and O–H groups in total. The summed E-state index contributed by atoms with van der Waals surface area (Å²) in [6.07, 6.45) is 3.88. The number of methoxy groups -OCH3 is 1. The van der Waals surface area contributed by atoms with Crippen LogP contribution in [0.25, 0.3) is 0 Å². The second-order valence-corrected chi connectivity index (χ2v) is 7.04. The molecule has 3 nitrogen and oxygen atoms in total. The lowest BCUT2D eigenvalue weighted by molar-refractivity contribution is 0.259. The Bertz CT molecular complexity index is 485. The predicted molar refractivity (Wildman–Crippen MR) is 92.0 cm³/mol. The number of ether oxygens (including phenoxy) is 1. The van der Waals surface area contributed by atoms with Gasteiger partial charge in [0.15, 0.2) is 0 Å². The van der Waals surface area contributed by atoms with Crippen LogP contribution >= 0.6 is 28.3 Å². The fourth-order valence-electron chi connectivity index (χ4n) is 3.80. The van der Waals surface area contributed by atoms with E-state index in [0.29, 0.717) is 12.0 Å². The van der Waals surface area contributed by atoms with E-state index < -0.39 is 0 Å². The molecule has 0 radical (unpaired) electrons. The summed E-state index contributed by atoms with van der Waals surface area (Å²) in [7, 11) is 1.70. The van der Waals surface area contributed by atoms with Gasteiger partial charge in [-0.3, -0.25) is 4.90 Å². The summed E-state index contributed by atoms with van der Waals surface area (Å²) in [4.78, 5) is 2.56. The quantitative estimate of drug-likeness (QED) is 0.879. The molecule has 21 heavy (non-hydrogen) atoms. The SMILES string of the molecule is COc1ccc(CN2CC3CCCC(N)C3C2)cc1Br.Cl. The minimum atomic E-state index is 0. The highest BCUT2D eigenvalue weighted by Crippen LogP contribution is 2.36. The van der Waals surface area contributed by atoms with Crippen molar-refractivity contribution >= 4 is 28.3 Å². The number of likely N-dealkylation sites (tertiary alicyclic amines) is 1. The number of fused-ring (bicyclic) bond motifs is 1. The van der Waals surface area contributed by atoms with E-state index in [1.807, 2.05) is 6.07 Å². The summed E-state index contributed by atoms with van der Waals surface area (Å²) in [5.41, 5.74) is 7.62. The Morgan fingerprint density at radius 3 is 2.81 bits per heavy atom. The maximum Gasteiger partial charge on any atom is 0.133 e. The van der Waals surface area contributed by atoms with Gasteiger partial charge >= 0.3 is 0 Å². The zero-order chi connectivity index (χ0) is 14.1. The number of hydrogen-bond donors (Lipinski definition) is 1. The molecule has 3 unspecified atom stereocenters. The van der Waals surface area contributed by atoms with Crippen molar-refractivity contribution in [3.05, 3.63) is 28.2 Å². The van der Waals surface area contributed by atoms with Gasteiger partial charge in [0, 0.05) is 25.7 Å². The number of nitrogens with zero attached hydrogens (tertiary/aromatic N) is 1. The summed E-state index contributed by atoms with van der Waals surface area (Å²) >= 11 is 3.56. The number of halogens is 2. The Balaban J connectivity index is 0.00000161. The van der Waals surface area contributed by atoms with E-state index in [9.17, 15) is 0 Å². The van der Waals surface area contributed by atoms with Crippen LogP contribution in [0.5, 0.6) is 5.75 Å². The van der Waals surface area contributed by atoms with Crippen LogP contribution in [0.3, 0.4) is 0 Å². The third kappa shape index (κ3) is 3.73. The van der Waals surface area contributed by atoms with Crippen LogP contribution in [-0.2, 0) is 6.54 Å². The maximum absolute atomic E-state index is 6.29. The minimum absolute atomic E-state index is 0. The lowest BCUT2D eigenvalue weighted by Gasteiger charge is -2.29. The molecule has 1 aliphatic heterocycles. The van der Waals surface area contributed by atoms with Gasteiger partial charge in [-0.25, -0.2) is 0 Å². The fourth-order valence-corrected chi connectivity index (χ4v) is 4.39. The molecule has 2 fully saturated rings. The van der Waals surface area contributed by atoms with Crippen LogP contribution in [0, 0.1) is 11.8 Å². The molecule has 1 saturated heterocycles. The van der Waals surface area contributed by atoms with Crippen molar-refractivity contribution in [3.63, 3.8) is 0 Å². The number of benzene rings is 1. The summed E-state index contributed by atoms with van der Waals surface area (Å²) in [6, 6.07) is 6.78. The van der Waals surface area contributed by atoms with Gasteiger partial charge in [0.25, 0.3) is 0 Å². The predicted octanol–water partition coefficient (Wildman–Crippen LogP) is 3.44. The second-order valence-electron chi connectivity index (χ2n) is 6.18. The molecule has 5 heteroatoms. The van der Waals surface area contributed by atoms with Gasteiger partial charge in [-0.2, -0.15) is 0 Å². The van der Waals surface area contributed by atoms with Crippen LogP contribution < -0.4 is 10.5 Å². The summed E-state index contributed by atoms with van der Waals surface area (Å²) < 4.78 is 6.32. The van der Waals surface area contributed by atoms with E-state index in [1.54, 1.807) is 7.11 Å². The van der Waals surface area contributed by atoms with Crippen molar-refractivity contribution in [1.82, 2.24) is 4.90 Å². The van der Waals surface area contributed by atoms with Crippen molar-refractivity contribution in [2.75, 3.05) is 20.2 Å². The van der Waals surface area contributed by atoms with Gasteiger partial charge in [0.1, 0.15) is 5.75 Å². The topological polar surface area (TPSA) is 38.5 Å². The van der Waals surface area contributed by atoms with Gasteiger partial charge in [-0.1, -0.05) is 12.5 Å². The van der Waals surface area contributed by atoms with Crippen molar-refractivity contribution in [2.45, 2.75) is 31.8 Å². The standard InChI is InChI=1S/C16H23BrN2O.ClH/c1-20-16-6-5-11(7-14(16)17)8-19-9-12-3-2-4-15(18)13(12)10-19;/h5-7,12-13,15H,2-4,8-10,18H2,1H3;1H. The zero-order valence-corrected chi connectivity index (χ0v) is 14.8. The Labute approximate surface area is 141 Å². The van der Waals surface area contributed by atoms with Gasteiger partial charge in [-0.15, -0.1) is 12.4 Å². The van der Waals surface area contributed by atoms with Crippen molar-refractivity contribution in [1.29, 1.82) is 0 Å². The first-order chi connectivity index (χ1) is 9.67. The fraction of sp³-hybridized carbons (Fsp3) is 0.625. The van der Waals surface area contributed by atoms with Crippen LogP contribution in [0.1, 0.15) is 24.8 Å². The average molecular weight is 376 g/mol. The molecule has 3 atom stereocenters. The zero-order valence-electron chi connectivity index (χ0n) is 12.4. The summed E-state index contributed by atoms with van der Waals surface area (Å²) in [6.45, 7) is 3.39. The van der Waals surface area contributed by atoms with E-state index in [1.165, 1.54) is 31.4 Å². The highest BCUT2D eigenvalue weighted by Gasteiger charge is 2.38. The second kappa shape index (κ2) is 7.32. The van der Waals surface area contributed by atoms with E-state index >= 15 is 0 Å². The number of nitrogens with two attached hydrogens (primary N) is 1. The third-order valence-electron chi connectivity index (χ3n) is 4.85. The molecule has 0 aromatic heterocycles. The highest BCUT2D eigenvalue weighted by atomic mass is 79.9. The number of rotatable bonds is 3. The van der Waals surface area contributed by atoms with Crippen molar-refractivity contribution in [3.8, 4) is 5.75 Å². The van der Waals surface area contributed by atoms with Gasteiger partial charge in [-0.05, 0) is 58.3 Å². The monoisotopic (exact) mass is 374 g/mol. The molecule has 0 spiro atoms. The third-order valence-corrected chi connectivity index (χ3v) is 5.47. The van der Waals surface area contributed by atoms with E-state index in [4.69, 9.17) is 10.5 Å². The Hall–Kier alpha value is -0.290. The molecule has 0 amide bonds.